The molecule has 4 nitrogen and oxygen atoms in total. The summed E-state index contributed by atoms with van der Waals surface area (Å²) in [7, 11) is 0. The van der Waals surface area contributed by atoms with E-state index in [2.05, 4.69) is 31.0 Å². The summed E-state index contributed by atoms with van der Waals surface area (Å²) in [6.07, 6.45) is 1.10. The summed E-state index contributed by atoms with van der Waals surface area (Å²) in [6, 6.07) is 1.03. The second kappa shape index (κ2) is 8.86. The molecule has 1 unspecified atom stereocenters. The van der Waals surface area contributed by atoms with Crippen LogP contribution in [-0.2, 0) is 9.47 Å². The molecule has 1 heterocycles. The van der Waals surface area contributed by atoms with Gasteiger partial charge in [-0.1, -0.05) is 20.8 Å². The van der Waals surface area contributed by atoms with Crippen molar-refractivity contribution in [3.8, 4) is 0 Å². The maximum atomic E-state index is 5.56. The lowest BCUT2D eigenvalue weighted by atomic mass is 10.2. The lowest BCUT2D eigenvalue weighted by Gasteiger charge is -2.36. The molecule has 1 aliphatic rings. The molecule has 0 aromatic carbocycles. The fourth-order valence-electron chi connectivity index (χ4n) is 1.97. The molecule has 0 aliphatic carbocycles. The number of ether oxygens (including phenoxy) is 2. The van der Waals surface area contributed by atoms with E-state index in [1.54, 1.807) is 0 Å². The minimum Gasteiger partial charge on any atom is -0.380 e. The Labute approximate surface area is 106 Å². The Bertz CT molecular complexity index is 188. The van der Waals surface area contributed by atoms with Crippen molar-refractivity contribution in [2.24, 2.45) is 0 Å². The van der Waals surface area contributed by atoms with Gasteiger partial charge in [0.2, 0.25) is 0 Å². The zero-order valence-corrected chi connectivity index (χ0v) is 11.6. The van der Waals surface area contributed by atoms with Gasteiger partial charge in [-0.2, -0.15) is 0 Å². The van der Waals surface area contributed by atoms with Crippen LogP contribution in [0, 0.1) is 0 Å². The van der Waals surface area contributed by atoms with E-state index in [9.17, 15) is 0 Å². The van der Waals surface area contributed by atoms with Crippen molar-refractivity contribution in [2.75, 3.05) is 46.1 Å². The molecule has 0 spiro atoms. The second-order valence-corrected chi connectivity index (χ2v) is 4.94. The zero-order chi connectivity index (χ0) is 12.5. The fraction of sp³-hybridized carbons (Fsp3) is 1.00. The van der Waals surface area contributed by atoms with Gasteiger partial charge < -0.3 is 14.8 Å². The van der Waals surface area contributed by atoms with Crippen LogP contribution in [0.1, 0.15) is 27.2 Å². The lowest BCUT2D eigenvalue weighted by Crippen LogP contribution is -2.52. The van der Waals surface area contributed by atoms with Gasteiger partial charge in [0, 0.05) is 38.3 Å². The minimum atomic E-state index is 0.497. The highest BCUT2D eigenvalue weighted by Crippen LogP contribution is 2.06. The topological polar surface area (TPSA) is 33.7 Å². The van der Waals surface area contributed by atoms with Gasteiger partial charge in [-0.3, -0.25) is 4.90 Å². The van der Waals surface area contributed by atoms with E-state index in [0.717, 1.165) is 52.5 Å². The molecule has 1 atom stereocenters. The minimum absolute atomic E-state index is 0.497. The van der Waals surface area contributed by atoms with E-state index >= 15 is 0 Å². The summed E-state index contributed by atoms with van der Waals surface area (Å²) in [5, 5.41) is 3.48. The van der Waals surface area contributed by atoms with Crippen molar-refractivity contribution in [2.45, 2.75) is 39.3 Å². The van der Waals surface area contributed by atoms with Crippen LogP contribution in [0.5, 0.6) is 0 Å². The van der Waals surface area contributed by atoms with Gasteiger partial charge in [0.15, 0.2) is 0 Å². The maximum Gasteiger partial charge on any atom is 0.0634 e. The molecule has 0 saturated carbocycles. The van der Waals surface area contributed by atoms with Gasteiger partial charge in [0.05, 0.1) is 19.8 Å². The summed E-state index contributed by atoms with van der Waals surface area (Å²) in [5.74, 6) is 0. The number of hydrogen-bond donors (Lipinski definition) is 1. The van der Waals surface area contributed by atoms with E-state index < -0.39 is 0 Å². The van der Waals surface area contributed by atoms with Gasteiger partial charge in [0.1, 0.15) is 0 Å². The largest absolute Gasteiger partial charge is 0.380 e. The molecule has 17 heavy (non-hydrogen) atoms. The van der Waals surface area contributed by atoms with Crippen molar-refractivity contribution in [1.29, 1.82) is 0 Å². The molecule has 0 amide bonds. The zero-order valence-electron chi connectivity index (χ0n) is 11.6. The number of nitrogens with one attached hydrogen (secondary N) is 1. The third-order valence-electron chi connectivity index (χ3n) is 2.98. The SMILES string of the molecule is CCCOCCN1CCOCC1CNC(C)C. The number of hydrogen-bond acceptors (Lipinski definition) is 4. The van der Waals surface area contributed by atoms with Gasteiger partial charge >= 0.3 is 0 Å². The van der Waals surface area contributed by atoms with E-state index in [1.807, 2.05) is 0 Å². The van der Waals surface area contributed by atoms with Gasteiger partial charge in [0.25, 0.3) is 0 Å². The monoisotopic (exact) mass is 244 g/mol. The molecule has 0 bridgehead atoms. The summed E-state index contributed by atoms with van der Waals surface area (Å²) in [6.45, 7) is 13.0. The van der Waals surface area contributed by atoms with Crippen molar-refractivity contribution in [1.82, 2.24) is 10.2 Å². The molecular formula is C13H28N2O2. The van der Waals surface area contributed by atoms with Crippen LogP contribution in [0.3, 0.4) is 0 Å². The third-order valence-corrected chi connectivity index (χ3v) is 2.98. The molecule has 1 rings (SSSR count). The summed E-state index contributed by atoms with van der Waals surface area (Å²) < 4.78 is 11.1. The normalized spacial score (nSPS) is 22.2. The predicted octanol–water partition coefficient (Wildman–Crippen LogP) is 1.11. The first-order valence-electron chi connectivity index (χ1n) is 6.87. The van der Waals surface area contributed by atoms with Crippen LogP contribution < -0.4 is 5.32 Å². The second-order valence-electron chi connectivity index (χ2n) is 4.94. The van der Waals surface area contributed by atoms with E-state index in [1.165, 1.54) is 0 Å². The number of rotatable bonds is 8. The Morgan fingerprint density at radius 1 is 1.41 bits per heavy atom. The van der Waals surface area contributed by atoms with Crippen molar-refractivity contribution >= 4 is 0 Å². The number of nitrogens with zero attached hydrogens (tertiary/aromatic N) is 1. The molecule has 4 heteroatoms. The van der Waals surface area contributed by atoms with E-state index in [4.69, 9.17) is 9.47 Å². The highest BCUT2D eigenvalue weighted by Gasteiger charge is 2.22. The Morgan fingerprint density at radius 2 is 2.24 bits per heavy atom. The van der Waals surface area contributed by atoms with Crippen molar-refractivity contribution in [3.05, 3.63) is 0 Å². The lowest BCUT2D eigenvalue weighted by molar-refractivity contribution is -0.0199. The molecule has 1 fully saturated rings. The maximum absolute atomic E-state index is 5.56. The Morgan fingerprint density at radius 3 is 2.94 bits per heavy atom. The Hall–Kier alpha value is -0.160. The molecule has 1 N–H and O–H groups in total. The van der Waals surface area contributed by atoms with E-state index in [-0.39, 0.29) is 0 Å². The Balaban J connectivity index is 2.22. The molecular weight excluding hydrogens is 216 g/mol. The average Bonchev–Trinajstić information content (AvgIpc) is 2.33. The molecule has 0 aromatic heterocycles. The Kier molecular flexibility index (Phi) is 7.77. The third kappa shape index (κ3) is 6.36. The smallest absolute Gasteiger partial charge is 0.0634 e. The first-order chi connectivity index (χ1) is 8.24. The van der Waals surface area contributed by atoms with Crippen molar-refractivity contribution < 1.29 is 9.47 Å². The highest BCUT2D eigenvalue weighted by atomic mass is 16.5. The fourth-order valence-corrected chi connectivity index (χ4v) is 1.97. The molecule has 1 aliphatic heterocycles. The van der Waals surface area contributed by atoms with Crippen LogP contribution in [0.4, 0.5) is 0 Å². The predicted molar refractivity (Wildman–Crippen MR) is 70.4 cm³/mol. The number of morpholine rings is 1. The first kappa shape index (κ1) is 14.9. The summed E-state index contributed by atoms with van der Waals surface area (Å²) in [5.41, 5.74) is 0. The van der Waals surface area contributed by atoms with Gasteiger partial charge in [-0.05, 0) is 6.42 Å². The quantitative estimate of drug-likeness (QED) is 0.649. The van der Waals surface area contributed by atoms with Crippen LogP contribution in [0.2, 0.25) is 0 Å². The van der Waals surface area contributed by atoms with Gasteiger partial charge in [-0.15, -0.1) is 0 Å². The van der Waals surface area contributed by atoms with Crippen molar-refractivity contribution in [3.63, 3.8) is 0 Å². The van der Waals surface area contributed by atoms with E-state index in [0.29, 0.717) is 12.1 Å². The molecule has 1 saturated heterocycles. The van der Waals surface area contributed by atoms with Gasteiger partial charge in [-0.25, -0.2) is 0 Å². The standard InChI is InChI=1S/C13H28N2O2/c1-4-7-16-8-5-15-6-9-17-11-13(15)10-14-12(2)3/h12-14H,4-11H2,1-3H3. The average molecular weight is 244 g/mol. The summed E-state index contributed by atoms with van der Waals surface area (Å²) >= 11 is 0. The first-order valence-corrected chi connectivity index (χ1v) is 6.87. The highest BCUT2D eigenvalue weighted by molar-refractivity contribution is 4.77. The molecule has 0 aromatic rings. The molecule has 102 valence electrons. The van der Waals surface area contributed by atoms with Crippen LogP contribution in [-0.4, -0.2) is 63.0 Å². The molecule has 0 radical (unpaired) electrons. The van der Waals surface area contributed by atoms with Crippen LogP contribution in [0.15, 0.2) is 0 Å². The van der Waals surface area contributed by atoms with Crippen LogP contribution in [0.25, 0.3) is 0 Å². The summed E-state index contributed by atoms with van der Waals surface area (Å²) in [4.78, 5) is 2.48. The van der Waals surface area contributed by atoms with Crippen LogP contribution >= 0.6 is 0 Å².